The number of aliphatic carboxylic acids is 1. The molecule has 3 N–H and O–H groups in total. The van der Waals surface area contributed by atoms with Gasteiger partial charge in [0.2, 0.25) is 0 Å². The predicted molar refractivity (Wildman–Crippen MR) is 73.7 cm³/mol. The largest absolute Gasteiger partial charge is 0.481 e. The number of aromatic amines is 1. The van der Waals surface area contributed by atoms with E-state index in [0.29, 0.717) is 17.8 Å². The molecule has 0 aliphatic heterocycles. The van der Waals surface area contributed by atoms with Gasteiger partial charge in [-0.1, -0.05) is 18.2 Å². The van der Waals surface area contributed by atoms with Crippen LogP contribution >= 0.6 is 0 Å². The minimum Gasteiger partial charge on any atom is -0.481 e. The molecule has 6 nitrogen and oxygen atoms in total. The SMILES string of the molecule is Cc1cc(C(=O)Nc2ccccc2CCC(=O)O)n[nH]1. The quantitative estimate of drug-likeness (QED) is 0.776. The molecule has 0 atom stereocenters. The monoisotopic (exact) mass is 273 g/mol. The van der Waals surface area contributed by atoms with Crippen molar-refractivity contribution in [3.05, 3.63) is 47.3 Å². The number of rotatable bonds is 5. The van der Waals surface area contributed by atoms with Gasteiger partial charge < -0.3 is 10.4 Å². The molecule has 2 rings (SSSR count). The van der Waals surface area contributed by atoms with Crippen LogP contribution in [0.2, 0.25) is 0 Å². The molecule has 0 aliphatic carbocycles. The van der Waals surface area contributed by atoms with Crippen molar-refractivity contribution in [2.45, 2.75) is 19.8 Å². The van der Waals surface area contributed by atoms with E-state index in [2.05, 4.69) is 15.5 Å². The number of H-pyrrole nitrogens is 1. The summed E-state index contributed by atoms with van der Waals surface area (Å²) in [5, 5.41) is 18.1. The maximum absolute atomic E-state index is 12.0. The Morgan fingerprint density at radius 3 is 2.75 bits per heavy atom. The molecule has 0 radical (unpaired) electrons. The first-order chi connectivity index (χ1) is 9.56. The summed E-state index contributed by atoms with van der Waals surface area (Å²) in [6, 6.07) is 8.79. The molecule has 104 valence electrons. The average Bonchev–Trinajstić information content (AvgIpc) is 2.84. The minimum absolute atomic E-state index is 0.0222. The molecule has 0 unspecified atom stereocenters. The molecule has 0 spiro atoms. The zero-order valence-corrected chi connectivity index (χ0v) is 11.0. The summed E-state index contributed by atoms with van der Waals surface area (Å²) in [5.41, 5.74) is 2.50. The van der Waals surface area contributed by atoms with Crippen LogP contribution in [0.5, 0.6) is 0 Å². The highest BCUT2D eigenvalue weighted by atomic mass is 16.4. The van der Waals surface area contributed by atoms with E-state index in [4.69, 9.17) is 5.11 Å². The third kappa shape index (κ3) is 3.44. The first kappa shape index (κ1) is 13.8. The van der Waals surface area contributed by atoms with Crippen molar-refractivity contribution >= 4 is 17.6 Å². The maximum Gasteiger partial charge on any atom is 0.303 e. The van der Waals surface area contributed by atoms with Gasteiger partial charge in [0.15, 0.2) is 5.69 Å². The number of carboxylic acid groups (broad SMARTS) is 1. The molecule has 0 aliphatic rings. The number of carbonyl (C=O) groups is 2. The minimum atomic E-state index is -0.867. The van der Waals surface area contributed by atoms with Crippen molar-refractivity contribution in [3.63, 3.8) is 0 Å². The molecule has 1 heterocycles. The molecule has 0 fully saturated rings. The number of amides is 1. The summed E-state index contributed by atoms with van der Waals surface area (Å²) < 4.78 is 0. The number of hydrogen-bond acceptors (Lipinski definition) is 3. The second kappa shape index (κ2) is 6.01. The van der Waals surface area contributed by atoms with E-state index in [-0.39, 0.29) is 12.3 Å². The Kier molecular flexibility index (Phi) is 4.14. The topological polar surface area (TPSA) is 95.1 Å². The zero-order chi connectivity index (χ0) is 14.5. The average molecular weight is 273 g/mol. The van der Waals surface area contributed by atoms with Crippen molar-refractivity contribution < 1.29 is 14.7 Å². The van der Waals surface area contributed by atoms with E-state index in [1.807, 2.05) is 13.0 Å². The fourth-order valence-corrected chi connectivity index (χ4v) is 1.82. The van der Waals surface area contributed by atoms with Crippen LogP contribution in [0.15, 0.2) is 30.3 Å². The number of hydrogen-bond donors (Lipinski definition) is 3. The van der Waals surface area contributed by atoms with E-state index in [9.17, 15) is 9.59 Å². The van der Waals surface area contributed by atoms with Crippen LogP contribution in [0.3, 0.4) is 0 Å². The van der Waals surface area contributed by atoms with Crippen molar-refractivity contribution in [1.29, 1.82) is 0 Å². The van der Waals surface area contributed by atoms with Crippen LogP contribution in [0.4, 0.5) is 5.69 Å². The van der Waals surface area contributed by atoms with Crippen LogP contribution in [-0.4, -0.2) is 27.2 Å². The van der Waals surface area contributed by atoms with Crippen molar-refractivity contribution in [3.8, 4) is 0 Å². The summed E-state index contributed by atoms with van der Waals surface area (Å²) >= 11 is 0. The molecular formula is C14H15N3O3. The number of para-hydroxylation sites is 1. The second-order valence-electron chi connectivity index (χ2n) is 4.44. The summed E-state index contributed by atoms with van der Waals surface area (Å²) in [5.74, 6) is -1.19. The lowest BCUT2D eigenvalue weighted by Gasteiger charge is -2.09. The summed E-state index contributed by atoms with van der Waals surface area (Å²) in [4.78, 5) is 22.6. The number of aryl methyl sites for hydroxylation is 2. The van der Waals surface area contributed by atoms with Gasteiger partial charge in [-0.3, -0.25) is 14.7 Å². The molecule has 6 heteroatoms. The first-order valence-electron chi connectivity index (χ1n) is 6.19. The van der Waals surface area contributed by atoms with Crippen molar-refractivity contribution in [2.24, 2.45) is 0 Å². The van der Waals surface area contributed by atoms with E-state index in [1.54, 1.807) is 24.3 Å². The number of carbonyl (C=O) groups excluding carboxylic acids is 1. The predicted octanol–water partition coefficient (Wildman–Crippen LogP) is 1.99. The number of benzene rings is 1. The van der Waals surface area contributed by atoms with Gasteiger partial charge in [0.25, 0.3) is 5.91 Å². The molecule has 0 bridgehead atoms. The molecule has 1 aromatic carbocycles. The van der Waals surface area contributed by atoms with E-state index in [1.165, 1.54) is 0 Å². The standard InChI is InChI=1S/C14H15N3O3/c1-9-8-12(17-16-9)14(20)15-11-5-3-2-4-10(11)6-7-13(18)19/h2-5,8H,6-7H2,1H3,(H,15,20)(H,16,17)(H,18,19). The van der Waals surface area contributed by atoms with E-state index >= 15 is 0 Å². The van der Waals surface area contributed by atoms with Crippen LogP contribution in [0.25, 0.3) is 0 Å². The van der Waals surface area contributed by atoms with Crippen LogP contribution in [0.1, 0.15) is 28.2 Å². The first-order valence-corrected chi connectivity index (χ1v) is 6.19. The van der Waals surface area contributed by atoms with Crippen LogP contribution in [-0.2, 0) is 11.2 Å². The highest BCUT2D eigenvalue weighted by molar-refractivity contribution is 6.03. The third-order valence-corrected chi connectivity index (χ3v) is 2.81. The fourth-order valence-electron chi connectivity index (χ4n) is 1.82. The number of carboxylic acids is 1. The Labute approximate surface area is 115 Å². The summed E-state index contributed by atoms with van der Waals surface area (Å²) in [6.07, 6.45) is 0.389. The Bertz CT molecular complexity index is 634. The Hall–Kier alpha value is -2.63. The Morgan fingerprint density at radius 1 is 1.35 bits per heavy atom. The summed E-state index contributed by atoms with van der Waals surface area (Å²) in [6.45, 7) is 1.81. The number of nitrogens with one attached hydrogen (secondary N) is 2. The highest BCUT2D eigenvalue weighted by Crippen LogP contribution is 2.17. The van der Waals surface area contributed by atoms with Gasteiger partial charge in [0.05, 0.1) is 0 Å². The Morgan fingerprint density at radius 2 is 2.10 bits per heavy atom. The van der Waals surface area contributed by atoms with Gasteiger partial charge in [-0.15, -0.1) is 0 Å². The molecule has 0 saturated carbocycles. The molecule has 20 heavy (non-hydrogen) atoms. The van der Waals surface area contributed by atoms with Crippen molar-refractivity contribution in [2.75, 3.05) is 5.32 Å². The molecule has 1 amide bonds. The highest BCUT2D eigenvalue weighted by Gasteiger charge is 2.12. The lowest BCUT2D eigenvalue weighted by Crippen LogP contribution is -2.14. The van der Waals surface area contributed by atoms with Gasteiger partial charge in [-0.2, -0.15) is 5.10 Å². The number of anilines is 1. The van der Waals surface area contributed by atoms with Gasteiger partial charge in [0, 0.05) is 17.8 Å². The molecule has 2 aromatic rings. The smallest absolute Gasteiger partial charge is 0.303 e. The summed E-state index contributed by atoms with van der Waals surface area (Å²) in [7, 11) is 0. The van der Waals surface area contributed by atoms with Gasteiger partial charge in [-0.25, -0.2) is 0 Å². The van der Waals surface area contributed by atoms with Crippen LogP contribution in [0, 0.1) is 6.92 Å². The molecular weight excluding hydrogens is 258 g/mol. The normalized spacial score (nSPS) is 10.2. The fraction of sp³-hybridized carbons (Fsp3) is 0.214. The number of nitrogens with zero attached hydrogens (tertiary/aromatic N) is 1. The van der Waals surface area contributed by atoms with Gasteiger partial charge in [0.1, 0.15) is 0 Å². The lowest BCUT2D eigenvalue weighted by molar-refractivity contribution is -0.136. The molecule has 0 saturated heterocycles. The van der Waals surface area contributed by atoms with E-state index < -0.39 is 5.97 Å². The lowest BCUT2D eigenvalue weighted by atomic mass is 10.1. The number of aromatic nitrogens is 2. The Balaban J connectivity index is 2.12. The van der Waals surface area contributed by atoms with Gasteiger partial charge >= 0.3 is 5.97 Å². The zero-order valence-electron chi connectivity index (χ0n) is 11.0. The van der Waals surface area contributed by atoms with E-state index in [0.717, 1.165) is 11.3 Å². The maximum atomic E-state index is 12.0. The van der Waals surface area contributed by atoms with Crippen LogP contribution < -0.4 is 5.32 Å². The third-order valence-electron chi connectivity index (χ3n) is 2.81. The van der Waals surface area contributed by atoms with Gasteiger partial charge in [-0.05, 0) is 31.0 Å². The second-order valence-corrected chi connectivity index (χ2v) is 4.44. The molecule has 1 aromatic heterocycles. The van der Waals surface area contributed by atoms with Crippen molar-refractivity contribution in [1.82, 2.24) is 10.2 Å².